The molecule has 0 heterocycles. The number of nitrogens with one attached hydrogen (secondary N) is 2. The highest BCUT2D eigenvalue weighted by Gasteiger charge is 2.16. The summed E-state index contributed by atoms with van der Waals surface area (Å²) in [7, 11) is 0. The van der Waals surface area contributed by atoms with Crippen LogP contribution in [0.1, 0.15) is 48.2 Å². The molecule has 0 aromatic heterocycles. The Labute approximate surface area is 214 Å². The molecule has 0 aliphatic heterocycles. The number of benzene rings is 4. The Hall–Kier alpha value is -4.18. The Morgan fingerprint density at radius 1 is 0.500 bits per heavy atom. The maximum absolute atomic E-state index is 5.14. The Balaban J connectivity index is 1.78. The van der Waals surface area contributed by atoms with Gasteiger partial charge in [-0.3, -0.25) is 9.98 Å². The average Bonchev–Trinajstić information content (AvgIpc) is 2.91. The first-order valence-corrected chi connectivity index (χ1v) is 12.4. The lowest BCUT2D eigenvalue weighted by Gasteiger charge is -2.19. The first-order chi connectivity index (χ1) is 17.5. The molecular formula is C32H34N4. The Morgan fingerprint density at radius 3 is 1.17 bits per heavy atom. The van der Waals surface area contributed by atoms with E-state index in [4.69, 9.17) is 9.98 Å². The molecule has 4 rings (SSSR count). The summed E-state index contributed by atoms with van der Waals surface area (Å²) in [5, 5.41) is 7.10. The molecule has 182 valence electrons. The highest BCUT2D eigenvalue weighted by Crippen LogP contribution is 2.21. The molecule has 0 spiro atoms. The van der Waals surface area contributed by atoms with Gasteiger partial charge in [0.2, 0.25) is 0 Å². The Kier molecular flexibility index (Phi) is 8.30. The van der Waals surface area contributed by atoms with E-state index in [0.717, 1.165) is 22.5 Å². The summed E-state index contributed by atoms with van der Waals surface area (Å²) >= 11 is 0. The fourth-order valence-electron chi connectivity index (χ4n) is 3.85. The molecule has 0 aliphatic rings. The zero-order valence-electron chi connectivity index (χ0n) is 21.4. The van der Waals surface area contributed by atoms with Gasteiger partial charge in [0.1, 0.15) is 0 Å². The van der Waals surface area contributed by atoms with Crippen molar-refractivity contribution in [3.05, 3.63) is 131 Å². The third-order valence-electron chi connectivity index (χ3n) is 6.06. The first kappa shape index (κ1) is 24.9. The van der Waals surface area contributed by atoms with Crippen LogP contribution < -0.4 is 10.6 Å². The smallest absolute Gasteiger partial charge is 0.169 e. The van der Waals surface area contributed by atoms with Crippen LogP contribution in [0.4, 0.5) is 11.4 Å². The standard InChI is InChI=1S/C32H34N4/c1-23-15-19-29(20-16-23)35-31(33-25(3)27-11-7-5-8-12-27)32(36-30-21-17-24(2)18-22-30)34-26(4)28-13-9-6-10-14-28/h5-22,25-26H,1-4H3,(H,33,35)(H,34,36)/t25-,26+. The van der Waals surface area contributed by atoms with E-state index in [0.29, 0.717) is 11.7 Å². The lowest BCUT2D eigenvalue weighted by Crippen LogP contribution is -2.31. The van der Waals surface area contributed by atoms with E-state index in [-0.39, 0.29) is 12.1 Å². The highest BCUT2D eigenvalue weighted by atomic mass is 15.1. The monoisotopic (exact) mass is 474 g/mol. The van der Waals surface area contributed by atoms with Crippen LogP contribution in [0, 0.1) is 13.8 Å². The largest absolute Gasteiger partial charge is 0.337 e. The van der Waals surface area contributed by atoms with Crippen molar-refractivity contribution in [3.8, 4) is 0 Å². The van der Waals surface area contributed by atoms with Crippen molar-refractivity contribution < 1.29 is 0 Å². The summed E-state index contributed by atoms with van der Waals surface area (Å²) < 4.78 is 0. The van der Waals surface area contributed by atoms with E-state index in [1.54, 1.807) is 0 Å². The summed E-state index contributed by atoms with van der Waals surface area (Å²) in [6.45, 7) is 8.39. The van der Waals surface area contributed by atoms with Crippen LogP contribution >= 0.6 is 0 Å². The van der Waals surface area contributed by atoms with Gasteiger partial charge in [-0.1, -0.05) is 96.1 Å². The SMILES string of the molecule is Cc1ccc(NC(=N[C@@H](C)c2ccccc2)C(=N[C@H](C)c2ccccc2)Nc2ccc(C)cc2)cc1. The molecule has 0 unspecified atom stereocenters. The number of anilines is 2. The van der Waals surface area contributed by atoms with Gasteiger partial charge < -0.3 is 10.6 Å². The molecule has 2 N–H and O–H groups in total. The molecule has 0 bridgehead atoms. The van der Waals surface area contributed by atoms with Crippen LogP contribution in [0.3, 0.4) is 0 Å². The number of aliphatic imine (C=N–C) groups is 2. The van der Waals surface area contributed by atoms with Crippen molar-refractivity contribution in [2.24, 2.45) is 9.98 Å². The van der Waals surface area contributed by atoms with Crippen LogP contribution in [0.2, 0.25) is 0 Å². The van der Waals surface area contributed by atoms with Crippen LogP contribution in [0.15, 0.2) is 119 Å². The van der Waals surface area contributed by atoms with Crippen LogP contribution in [-0.2, 0) is 0 Å². The minimum Gasteiger partial charge on any atom is -0.337 e. The van der Waals surface area contributed by atoms with E-state index in [2.05, 4.69) is 111 Å². The first-order valence-electron chi connectivity index (χ1n) is 12.4. The maximum atomic E-state index is 5.14. The van der Waals surface area contributed by atoms with Crippen LogP contribution in [-0.4, -0.2) is 11.7 Å². The Bertz CT molecular complexity index is 1190. The van der Waals surface area contributed by atoms with E-state index in [9.17, 15) is 0 Å². The van der Waals surface area contributed by atoms with E-state index >= 15 is 0 Å². The van der Waals surface area contributed by atoms with E-state index in [1.807, 2.05) is 36.4 Å². The number of rotatable bonds is 6. The third kappa shape index (κ3) is 6.92. The summed E-state index contributed by atoms with van der Waals surface area (Å²) in [5.41, 5.74) is 6.64. The second-order valence-electron chi connectivity index (χ2n) is 9.11. The maximum Gasteiger partial charge on any atom is 0.169 e. The number of amidine groups is 2. The average molecular weight is 475 g/mol. The normalized spacial score (nSPS) is 13.7. The van der Waals surface area contributed by atoms with Gasteiger partial charge in [0, 0.05) is 11.4 Å². The molecule has 0 saturated carbocycles. The molecule has 4 nitrogen and oxygen atoms in total. The molecule has 0 aliphatic carbocycles. The van der Waals surface area contributed by atoms with Gasteiger partial charge in [-0.25, -0.2) is 0 Å². The fraction of sp³-hybridized carbons (Fsp3) is 0.188. The van der Waals surface area contributed by atoms with Gasteiger partial charge in [0.25, 0.3) is 0 Å². The molecule has 4 heteroatoms. The zero-order chi connectivity index (χ0) is 25.3. The van der Waals surface area contributed by atoms with Crippen molar-refractivity contribution in [1.82, 2.24) is 0 Å². The second-order valence-corrected chi connectivity index (χ2v) is 9.11. The zero-order valence-corrected chi connectivity index (χ0v) is 21.4. The number of hydrogen-bond acceptors (Lipinski definition) is 2. The molecule has 0 saturated heterocycles. The summed E-state index contributed by atoms with van der Waals surface area (Å²) in [6, 6.07) is 37.2. The van der Waals surface area contributed by atoms with Crippen LogP contribution in [0.25, 0.3) is 0 Å². The predicted molar refractivity (Wildman–Crippen MR) is 154 cm³/mol. The quantitative estimate of drug-likeness (QED) is 0.219. The molecule has 4 aromatic rings. The van der Waals surface area contributed by atoms with E-state index in [1.165, 1.54) is 11.1 Å². The summed E-state index contributed by atoms with van der Waals surface area (Å²) in [4.78, 5) is 10.3. The number of hydrogen-bond donors (Lipinski definition) is 2. The van der Waals surface area contributed by atoms with Gasteiger partial charge in [-0.15, -0.1) is 0 Å². The van der Waals surface area contributed by atoms with Crippen molar-refractivity contribution in [2.75, 3.05) is 10.6 Å². The minimum absolute atomic E-state index is 0.0591. The van der Waals surface area contributed by atoms with Gasteiger partial charge in [0.05, 0.1) is 12.1 Å². The van der Waals surface area contributed by atoms with E-state index < -0.39 is 0 Å². The van der Waals surface area contributed by atoms with Crippen LogP contribution in [0.5, 0.6) is 0 Å². The highest BCUT2D eigenvalue weighted by molar-refractivity contribution is 6.48. The van der Waals surface area contributed by atoms with Crippen molar-refractivity contribution in [2.45, 2.75) is 39.8 Å². The van der Waals surface area contributed by atoms with Crippen molar-refractivity contribution >= 4 is 23.0 Å². The predicted octanol–water partition coefficient (Wildman–Crippen LogP) is 8.15. The summed E-state index contributed by atoms with van der Waals surface area (Å²) in [5.74, 6) is 1.39. The second kappa shape index (κ2) is 12.0. The van der Waals surface area contributed by atoms with Crippen molar-refractivity contribution in [1.29, 1.82) is 0 Å². The van der Waals surface area contributed by atoms with Gasteiger partial charge in [0.15, 0.2) is 11.7 Å². The van der Waals surface area contributed by atoms with Gasteiger partial charge in [-0.2, -0.15) is 0 Å². The molecule has 0 radical (unpaired) electrons. The Morgan fingerprint density at radius 2 is 0.833 bits per heavy atom. The number of aryl methyl sites for hydroxylation is 2. The molecular weight excluding hydrogens is 440 g/mol. The molecule has 0 amide bonds. The molecule has 4 aromatic carbocycles. The lowest BCUT2D eigenvalue weighted by molar-refractivity contribution is 0.813. The summed E-state index contributed by atoms with van der Waals surface area (Å²) in [6.07, 6.45) is 0. The molecule has 36 heavy (non-hydrogen) atoms. The van der Waals surface area contributed by atoms with Gasteiger partial charge in [-0.05, 0) is 63.1 Å². The van der Waals surface area contributed by atoms with Crippen molar-refractivity contribution in [3.63, 3.8) is 0 Å². The fourth-order valence-corrected chi connectivity index (χ4v) is 3.85. The topological polar surface area (TPSA) is 48.8 Å². The van der Waals surface area contributed by atoms with Gasteiger partial charge >= 0.3 is 0 Å². The molecule has 0 fully saturated rings. The lowest BCUT2D eigenvalue weighted by atomic mass is 10.1. The number of nitrogens with zero attached hydrogens (tertiary/aromatic N) is 2. The minimum atomic E-state index is -0.0591. The third-order valence-corrected chi connectivity index (χ3v) is 6.06. The molecule has 2 atom stereocenters.